The molecule has 2 aliphatic rings. The fraction of sp³-hybridized carbons (Fsp3) is 0.250. The van der Waals surface area contributed by atoms with Gasteiger partial charge in [-0.1, -0.05) is 24.3 Å². The van der Waals surface area contributed by atoms with Crippen molar-refractivity contribution in [2.75, 3.05) is 13.7 Å². The highest BCUT2D eigenvalue weighted by atomic mass is 16.6. The number of rotatable bonds is 4. The maximum Gasteiger partial charge on any atom is 0.344 e. The van der Waals surface area contributed by atoms with Gasteiger partial charge in [0.2, 0.25) is 6.10 Å². The number of carbonyl (C=O) groups is 3. The quantitative estimate of drug-likeness (QED) is 0.754. The van der Waals surface area contributed by atoms with Crippen LogP contribution in [0.1, 0.15) is 12.5 Å². The smallest absolute Gasteiger partial charge is 0.344 e. The Bertz CT molecular complexity index is 976. The van der Waals surface area contributed by atoms with Crippen LogP contribution < -0.4 is 25.0 Å². The molecule has 0 aliphatic carbocycles. The van der Waals surface area contributed by atoms with Crippen LogP contribution in [0.25, 0.3) is 0 Å². The van der Waals surface area contributed by atoms with Crippen molar-refractivity contribution in [1.82, 2.24) is 15.8 Å². The molecule has 150 valence electrons. The van der Waals surface area contributed by atoms with Gasteiger partial charge in [-0.05, 0) is 36.8 Å². The van der Waals surface area contributed by atoms with Crippen LogP contribution in [-0.2, 0) is 15.1 Å². The second kappa shape index (κ2) is 7.01. The lowest BCUT2D eigenvalue weighted by Crippen LogP contribution is -2.53. The number of methoxy groups -OCH3 is 1. The fourth-order valence-electron chi connectivity index (χ4n) is 3.19. The molecule has 4 rings (SSSR count). The number of carbonyl (C=O) groups excluding carboxylic acids is 3. The van der Waals surface area contributed by atoms with Gasteiger partial charge in [-0.25, -0.2) is 4.79 Å². The van der Waals surface area contributed by atoms with Crippen LogP contribution in [-0.4, -0.2) is 42.7 Å². The van der Waals surface area contributed by atoms with E-state index in [1.807, 2.05) is 0 Å². The van der Waals surface area contributed by atoms with Crippen molar-refractivity contribution < 1.29 is 28.6 Å². The van der Waals surface area contributed by atoms with Gasteiger partial charge in [0.05, 0.1) is 7.11 Å². The topological polar surface area (TPSA) is 106 Å². The molecule has 0 unspecified atom stereocenters. The molecule has 2 atom stereocenters. The molecular formula is C20H19N3O6. The maximum atomic E-state index is 12.9. The third kappa shape index (κ3) is 3.20. The number of ether oxygens (including phenoxy) is 3. The minimum atomic E-state index is -1.33. The molecule has 9 nitrogen and oxygen atoms in total. The molecule has 4 amide bonds. The van der Waals surface area contributed by atoms with Gasteiger partial charge >= 0.3 is 6.03 Å². The van der Waals surface area contributed by atoms with E-state index in [0.717, 1.165) is 0 Å². The summed E-state index contributed by atoms with van der Waals surface area (Å²) >= 11 is 0. The highest BCUT2D eigenvalue weighted by molar-refractivity contribution is 6.08. The molecule has 0 spiro atoms. The van der Waals surface area contributed by atoms with E-state index in [2.05, 4.69) is 10.7 Å². The molecule has 2 aliphatic heterocycles. The van der Waals surface area contributed by atoms with E-state index in [0.29, 0.717) is 27.8 Å². The van der Waals surface area contributed by atoms with E-state index in [9.17, 15) is 14.4 Å². The summed E-state index contributed by atoms with van der Waals surface area (Å²) in [6.45, 7) is 1.53. The summed E-state index contributed by atoms with van der Waals surface area (Å²) in [6, 6.07) is 12.9. The summed E-state index contributed by atoms with van der Waals surface area (Å²) < 4.78 is 16.2. The zero-order valence-corrected chi connectivity index (χ0v) is 15.8. The van der Waals surface area contributed by atoms with E-state index in [4.69, 9.17) is 14.2 Å². The summed E-state index contributed by atoms with van der Waals surface area (Å²) in [7, 11) is 1.53. The van der Waals surface area contributed by atoms with Crippen molar-refractivity contribution in [3.8, 4) is 17.2 Å². The standard InChI is InChI=1S/C20H19N3O6/c1-20(12-7-9-13(27-2)10-8-12)18(25)23(19(26)21-20)22-17(24)16-11-28-14-5-3-4-6-15(14)29-16/h3-10,16H,11H2,1-2H3,(H,21,26)(H,22,24)/t16-,20-/m1/s1. The van der Waals surface area contributed by atoms with Gasteiger partial charge in [0, 0.05) is 0 Å². The van der Waals surface area contributed by atoms with Gasteiger partial charge in [-0.3, -0.25) is 15.0 Å². The summed E-state index contributed by atoms with van der Waals surface area (Å²) in [5.74, 6) is 0.284. The van der Waals surface area contributed by atoms with Crippen LogP contribution in [0.5, 0.6) is 17.2 Å². The Hall–Kier alpha value is -3.75. The molecule has 2 aromatic carbocycles. The number of amides is 4. The summed E-state index contributed by atoms with van der Waals surface area (Å²) in [5, 5.41) is 3.28. The molecule has 29 heavy (non-hydrogen) atoms. The largest absolute Gasteiger partial charge is 0.497 e. The van der Waals surface area contributed by atoms with E-state index < -0.39 is 29.5 Å². The number of para-hydroxylation sites is 2. The monoisotopic (exact) mass is 397 g/mol. The Morgan fingerprint density at radius 2 is 1.86 bits per heavy atom. The summed E-state index contributed by atoms with van der Waals surface area (Å²) in [4.78, 5) is 37.9. The minimum Gasteiger partial charge on any atom is -0.497 e. The number of nitrogens with zero attached hydrogens (tertiary/aromatic N) is 1. The maximum absolute atomic E-state index is 12.9. The average Bonchev–Trinajstić information content (AvgIpc) is 2.97. The number of hydrogen-bond acceptors (Lipinski definition) is 6. The van der Waals surface area contributed by atoms with Crippen molar-refractivity contribution in [3.05, 3.63) is 54.1 Å². The molecule has 2 heterocycles. The number of hydrogen-bond donors (Lipinski definition) is 2. The molecule has 1 fully saturated rings. The Morgan fingerprint density at radius 3 is 2.55 bits per heavy atom. The van der Waals surface area contributed by atoms with Gasteiger partial charge in [-0.15, -0.1) is 0 Å². The second-order valence-electron chi connectivity index (χ2n) is 6.76. The van der Waals surface area contributed by atoms with Crippen molar-refractivity contribution in [3.63, 3.8) is 0 Å². The van der Waals surface area contributed by atoms with E-state index in [1.54, 1.807) is 55.5 Å². The summed E-state index contributed by atoms with van der Waals surface area (Å²) in [5.41, 5.74) is 1.56. The predicted molar refractivity (Wildman–Crippen MR) is 100 cm³/mol. The first-order valence-corrected chi connectivity index (χ1v) is 8.92. The first kappa shape index (κ1) is 18.6. The third-order valence-electron chi connectivity index (χ3n) is 4.88. The molecule has 0 aromatic heterocycles. The fourth-order valence-corrected chi connectivity index (χ4v) is 3.19. The van der Waals surface area contributed by atoms with Crippen molar-refractivity contribution in [1.29, 1.82) is 0 Å². The number of fused-ring (bicyclic) bond motifs is 1. The molecule has 0 bridgehead atoms. The molecule has 1 saturated heterocycles. The lowest BCUT2D eigenvalue weighted by Gasteiger charge is -2.27. The molecule has 9 heteroatoms. The Labute approximate surface area is 166 Å². The predicted octanol–water partition coefficient (Wildman–Crippen LogP) is 1.33. The number of imide groups is 1. The van der Waals surface area contributed by atoms with Gasteiger partial charge in [0.25, 0.3) is 11.8 Å². The highest BCUT2D eigenvalue weighted by Crippen LogP contribution is 2.32. The van der Waals surface area contributed by atoms with E-state index in [1.165, 1.54) is 7.11 Å². The molecule has 2 aromatic rings. The third-order valence-corrected chi connectivity index (χ3v) is 4.88. The van der Waals surface area contributed by atoms with Gasteiger partial charge < -0.3 is 19.5 Å². The second-order valence-corrected chi connectivity index (χ2v) is 6.76. The van der Waals surface area contributed by atoms with Gasteiger partial charge in [-0.2, -0.15) is 5.01 Å². The first-order chi connectivity index (χ1) is 13.9. The van der Waals surface area contributed by atoms with Crippen molar-refractivity contribution in [2.24, 2.45) is 0 Å². The highest BCUT2D eigenvalue weighted by Gasteiger charge is 2.50. The zero-order valence-electron chi connectivity index (χ0n) is 15.8. The first-order valence-electron chi connectivity index (χ1n) is 8.92. The van der Waals surface area contributed by atoms with E-state index in [-0.39, 0.29) is 6.61 Å². The molecular weight excluding hydrogens is 378 g/mol. The van der Waals surface area contributed by atoms with E-state index >= 15 is 0 Å². The normalized spacial score (nSPS) is 22.8. The average molecular weight is 397 g/mol. The van der Waals surface area contributed by atoms with Crippen LogP contribution >= 0.6 is 0 Å². The van der Waals surface area contributed by atoms with Crippen molar-refractivity contribution in [2.45, 2.75) is 18.6 Å². The van der Waals surface area contributed by atoms with Crippen molar-refractivity contribution >= 4 is 17.8 Å². The summed E-state index contributed by atoms with van der Waals surface area (Å²) in [6.07, 6.45) is -1.00. The lowest BCUT2D eigenvalue weighted by molar-refractivity contribution is -0.143. The van der Waals surface area contributed by atoms with Crippen LogP contribution in [0.15, 0.2) is 48.5 Å². The molecule has 0 radical (unpaired) electrons. The molecule has 2 N–H and O–H groups in total. The number of benzene rings is 2. The minimum absolute atomic E-state index is 0.0394. The molecule has 0 saturated carbocycles. The van der Waals surface area contributed by atoms with Crippen LogP contribution in [0.2, 0.25) is 0 Å². The SMILES string of the molecule is COc1ccc([C@@]2(C)NC(=O)N(NC(=O)[C@H]3COc4ccccc4O3)C2=O)cc1. The number of hydrazine groups is 1. The lowest BCUT2D eigenvalue weighted by atomic mass is 9.92. The Morgan fingerprint density at radius 1 is 1.17 bits per heavy atom. The zero-order chi connectivity index (χ0) is 20.6. The number of nitrogens with one attached hydrogen (secondary N) is 2. The van der Waals surface area contributed by atoms with Crippen LogP contribution in [0.3, 0.4) is 0 Å². The Balaban J connectivity index is 1.48. The number of urea groups is 1. The Kier molecular flexibility index (Phi) is 4.50. The van der Waals surface area contributed by atoms with Crippen LogP contribution in [0.4, 0.5) is 4.79 Å². The van der Waals surface area contributed by atoms with Crippen LogP contribution in [0, 0.1) is 0 Å². The van der Waals surface area contributed by atoms with Gasteiger partial charge in [0.15, 0.2) is 11.5 Å². The van der Waals surface area contributed by atoms with Gasteiger partial charge in [0.1, 0.15) is 17.9 Å².